The van der Waals surface area contributed by atoms with E-state index in [4.69, 9.17) is 9.47 Å². The van der Waals surface area contributed by atoms with Crippen molar-refractivity contribution in [2.24, 2.45) is 0 Å². The van der Waals surface area contributed by atoms with Crippen LogP contribution in [0.3, 0.4) is 0 Å². The average molecular weight is 375 g/mol. The predicted molar refractivity (Wildman–Crippen MR) is 111 cm³/mol. The van der Waals surface area contributed by atoms with Gasteiger partial charge in [-0.25, -0.2) is 0 Å². The van der Waals surface area contributed by atoms with Crippen molar-refractivity contribution in [1.29, 1.82) is 0 Å². The molecule has 1 saturated heterocycles. The zero-order valence-electron chi connectivity index (χ0n) is 17.4. The molecule has 0 bridgehead atoms. The largest absolute Gasteiger partial charge is 0.353 e. The van der Waals surface area contributed by atoms with Crippen molar-refractivity contribution in [1.82, 2.24) is 0 Å². The Morgan fingerprint density at radius 1 is 0.963 bits per heavy atom. The van der Waals surface area contributed by atoms with Crippen molar-refractivity contribution < 1.29 is 14.3 Å². The summed E-state index contributed by atoms with van der Waals surface area (Å²) >= 11 is 0. The van der Waals surface area contributed by atoms with E-state index in [1.807, 2.05) is 31.2 Å². The van der Waals surface area contributed by atoms with E-state index < -0.39 is 0 Å². The van der Waals surface area contributed by atoms with Crippen LogP contribution >= 0.6 is 0 Å². The summed E-state index contributed by atoms with van der Waals surface area (Å²) in [5, 5.41) is 0. The van der Waals surface area contributed by atoms with Crippen LogP contribution in [0.1, 0.15) is 99.9 Å². The van der Waals surface area contributed by atoms with E-state index in [9.17, 15) is 4.79 Å². The van der Waals surface area contributed by atoms with E-state index in [-0.39, 0.29) is 18.2 Å². The minimum absolute atomic E-state index is 0.0710. The van der Waals surface area contributed by atoms with E-state index in [2.05, 4.69) is 6.92 Å². The lowest BCUT2D eigenvalue weighted by Crippen LogP contribution is -2.32. The molecule has 1 aliphatic rings. The second-order valence-electron chi connectivity index (χ2n) is 7.94. The van der Waals surface area contributed by atoms with Gasteiger partial charge in [-0.15, -0.1) is 0 Å². The summed E-state index contributed by atoms with van der Waals surface area (Å²) < 4.78 is 11.8. The maximum Gasteiger partial charge on any atom is 0.162 e. The van der Waals surface area contributed by atoms with Gasteiger partial charge in [0.1, 0.15) is 0 Å². The summed E-state index contributed by atoms with van der Waals surface area (Å²) in [4.78, 5) is 12.3. The van der Waals surface area contributed by atoms with Crippen LogP contribution in [0, 0.1) is 6.92 Å². The molecule has 2 atom stereocenters. The number of Topliss-reactive ketones (excluding diaryl/α,β-unsaturated/α-hetero) is 1. The number of rotatable bonds is 13. The lowest BCUT2D eigenvalue weighted by atomic mass is 10.0. The number of hydrogen-bond acceptors (Lipinski definition) is 3. The van der Waals surface area contributed by atoms with Crippen molar-refractivity contribution in [3.8, 4) is 0 Å². The minimum atomic E-state index is -0.0710. The topological polar surface area (TPSA) is 35.5 Å². The molecule has 3 nitrogen and oxygen atoms in total. The van der Waals surface area contributed by atoms with Gasteiger partial charge in [-0.3, -0.25) is 4.79 Å². The molecule has 0 radical (unpaired) electrons. The maximum atomic E-state index is 12.3. The number of carbonyl (C=O) groups excluding carboxylic acids is 1. The SMILES string of the molecule is CCCCCCCCCCC1OCCC(CCC(=O)c2ccc(C)cc2)O1. The fraction of sp³-hybridized carbons (Fsp3) is 0.708. The number of ketones is 1. The van der Waals surface area contributed by atoms with E-state index in [1.54, 1.807) is 0 Å². The predicted octanol–water partition coefficient (Wildman–Crippen LogP) is 6.62. The third-order valence-electron chi connectivity index (χ3n) is 5.45. The van der Waals surface area contributed by atoms with Crippen molar-refractivity contribution in [3.05, 3.63) is 35.4 Å². The van der Waals surface area contributed by atoms with Gasteiger partial charge in [0.25, 0.3) is 0 Å². The summed E-state index contributed by atoms with van der Waals surface area (Å²) in [6.45, 7) is 5.05. The highest BCUT2D eigenvalue weighted by Gasteiger charge is 2.23. The van der Waals surface area contributed by atoms with Gasteiger partial charge in [-0.1, -0.05) is 81.7 Å². The molecule has 2 rings (SSSR count). The molecule has 1 aromatic carbocycles. The molecule has 1 aliphatic heterocycles. The summed E-state index contributed by atoms with van der Waals surface area (Å²) in [5.74, 6) is 0.213. The number of ether oxygens (including phenoxy) is 2. The molecule has 0 aliphatic carbocycles. The van der Waals surface area contributed by atoms with Crippen LogP contribution in [0.4, 0.5) is 0 Å². The lowest BCUT2D eigenvalue weighted by Gasteiger charge is -2.30. The zero-order chi connectivity index (χ0) is 19.3. The monoisotopic (exact) mass is 374 g/mol. The number of benzene rings is 1. The number of carbonyl (C=O) groups is 1. The maximum absolute atomic E-state index is 12.3. The average Bonchev–Trinajstić information content (AvgIpc) is 2.69. The van der Waals surface area contributed by atoms with Crippen molar-refractivity contribution in [3.63, 3.8) is 0 Å². The van der Waals surface area contributed by atoms with Gasteiger partial charge in [-0.2, -0.15) is 0 Å². The Labute approximate surface area is 165 Å². The van der Waals surface area contributed by atoms with Gasteiger partial charge in [0.2, 0.25) is 0 Å². The third kappa shape index (κ3) is 9.03. The summed E-state index contributed by atoms with van der Waals surface area (Å²) in [6.07, 6.45) is 13.9. The fourth-order valence-corrected chi connectivity index (χ4v) is 3.64. The van der Waals surface area contributed by atoms with E-state index in [0.29, 0.717) is 6.42 Å². The van der Waals surface area contributed by atoms with Crippen LogP contribution in [0.5, 0.6) is 0 Å². The molecule has 27 heavy (non-hydrogen) atoms. The molecule has 0 spiro atoms. The zero-order valence-corrected chi connectivity index (χ0v) is 17.4. The second-order valence-corrected chi connectivity index (χ2v) is 7.94. The van der Waals surface area contributed by atoms with E-state index >= 15 is 0 Å². The molecular weight excluding hydrogens is 336 g/mol. The van der Waals surface area contributed by atoms with Gasteiger partial charge >= 0.3 is 0 Å². The second kappa shape index (κ2) is 13.1. The Hall–Kier alpha value is -1.19. The first kappa shape index (κ1) is 22.1. The highest BCUT2D eigenvalue weighted by atomic mass is 16.7. The molecule has 152 valence electrons. The molecule has 0 N–H and O–H groups in total. The molecule has 1 heterocycles. The standard InChI is InChI=1S/C24H38O3/c1-3-4-5-6-7-8-9-10-11-24-26-19-18-22(27-24)16-17-23(25)21-14-12-20(2)13-15-21/h12-15,22,24H,3-11,16-19H2,1-2H3. The Kier molecular flexibility index (Phi) is 10.7. The summed E-state index contributed by atoms with van der Waals surface area (Å²) in [7, 11) is 0. The Morgan fingerprint density at radius 2 is 1.63 bits per heavy atom. The molecule has 1 aromatic rings. The Balaban J connectivity index is 1.57. The molecule has 0 saturated carbocycles. The normalized spacial score (nSPS) is 19.9. The minimum Gasteiger partial charge on any atom is -0.353 e. The van der Waals surface area contributed by atoms with Crippen molar-refractivity contribution in [2.75, 3.05) is 6.61 Å². The highest BCUT2D eigenvalue weighted by Crippen LogP contribution is 2.22. The van der Waals surface area contributed by atoms with Gasteiger partial charge < -0.3 is 9.47 Å². The number of aryl methyl sites for hydroxylation is 1. The van der Waals surface area contributed by atoms with Gasteiger partial charge in [0, 0.05) is 12.0 Å². The number of unbranched alkanes of at least 4 members (excludes halogenated alkanes) is 7. The van der Waals surface area contributed by atoms with Crippen LogP contribution in [-0.4, -0.2) is 24.8 Å². The molecular formula is C24H38O3. The van der Waals surface area contributed by atoms with E-state index in [0.717, 1.165) is 31.4 Å². The van der Waals surface area contributed by atoms with Crippen molar-refractivity contribution in [2.45, 2.75) is 103 Å². The van der Waals surface area contributed by atoms with Crippen LogP contribution in [-0.2, 0) is 9.47 Å². The van der Waals surface area contributed by atoms with Gasteiger partial charge in [0.05, 0.1) is 12.7 Å². The number of hydrogen-bond donors (Lipinski definition) is 0. The van der Waals surface area contributed by atoms with Crippen LogP contribution in [0.2, 0.25) is 0 Å². The lowest BCUT2D eigenvalue weighted by molar-refractivity contribution is -0.216. The highest BCUT2D eigenvalue weighted by molar-refractivity contribution is 5.96. The first-order chi connectivity index (χ1) is 13.2. The van der Waals surface area contributed by atoms with E-state index in [1.165, 1.54) is 56.9 Å². The van der Waals surface area contributed by atoms with Crippen LogP contribution < -0.4 is 0 Å². The molecule has 0 amide bonds. The van der Waals surface area contributed by atoms with Crippen LogP contribution in [0.15, 0.2) is 24.3 Å². The molecule has 2 unspecified atom stereocenters. The first-order valence-electron chi connectivity index (χ1n) is 11.1. The van der Waals surface area contributed by atoms with Gasteiger partial charge in [0.15, 0.2) is 12.1 Å². The third-order valence-corrected chi connectivity index (χ3v) is 5.45. The van der Waals surface area contributed by atoms with Crippen molar-refractivity contribution >= 4 is 5.78 Å². The molecule has 0 aromatic heterocycles. The fourth-order valence-electron chi connectivity index (χ4n) is 3.64. The Bertz CT molecular complexity index is 523. The Morgan fingerprint density at radius 3 is 2.33 bits per heavy atom. The molecule has 3 heteroatoms. The summed E-state index contributed by atoms with van der Waals surface area (Å²) in [6, 6.07) is 7.84. The van der Waals surface area contributed by atoms with Crippen LogP contribution in [0.25, 0.3) is 0 Å². The first-order valence-corrected chi connectivity index (χ1v) is 11.1. The quantitative estimate of drug-likeness (QED) is 0.287. The summed E-state index contributed by atoms with van der Waals surface area (Å²) in [5.41, 5.74) is 1.99. The van der Waals surface area contributed by atoms with Gasteiger partial charge in [-0.05, 0) is 32.6 Å². The smallest absolute Gasteiger partial charge is 0.162 e. The molecule has 1 fully saturated rings.